The van der Waals surface area contributed by atoms with Crippen molar-refractivity contribution in [1.82, 2.24) is 14.9 Å². The van der Waals surface area contributed by atoms with Crippen LogP contribution in [0.3, 0.4) is 0 Å². The Balaban J connectivity index is 2.03. The number of carbonyl (C=O) groups is 1. The topological polar surface area (TPSA) is 46.9 Å². The Morgan fingerprint density at radius 1 is 1.55 bits per heavy atom. The molecule has 1 amide bonds. The van der Waals surface area contributed by atoms with Gasteiger partial charge in [0.1, 0.15) is 11.6 Å². The molecule has 0 bridgehead atoms. The van der Waals surface area contributed by atoms with Crippen LogP contribution in [0, 0.1) is 5.82 Å². The van der Waals surface area contributed by atoms with Gasteiger partial charge < -0.3 is 9.88 Å². The molecule has 0 saturated carbocycles. The predicted octanol–water partition coefficient (Wildman–Crippen LogP) is 2.96. The number of nitrogens with zero attached hydrogens (tertiary/aromatic N) is 2. The average molecular weight is 361 g/mol. The molecule has 3 rings (SSSR count). The van der Waals surface area contributed by atoms with Gasteiger partial charge >= 0.3 is 0 Å². The Morgan fingerprint density at radius 3 is 3.00 bits per heavy atom. The minimum Gasteiger partial charge on any atom is -0.352 e. The first-order chi connectivity index (χ1) is 9.58. The Labute approximate surface area is 128 Å². The van der Waals surface area contributed by atoms with Crippen molar-refractivity contribution in [2.24, 2.45) is 0 Å². The van der Waals surface area contributed by atoms with E-state index in [1.165, 1.54) is 6.07 Å². The number of hydrogen-bond donors (Lipinski definition) is 1. The third-order valence-corrected chi connectivity index (χ3v) is 4.32. The molecule has 7 heteroatoms. The van der Waals surface area contributed by atoms with Gasteiger partial charge in [0.2, 0.25) is 5.91 Å². The molecule has 4 nitrogen and oxygen atoms in total. The molecule has 0 spiro atoms. The van der Waals surface area contributed by atoms with Gasteiger partial charge in [0.05, 0.1) is 21.4 Å². The Hall–Kier alpha value is -1.14. The quantitative estimate of drug-likeness (QED) is 0.856. The molecule has 0 aliphatic carbocycles. The fourth-order valence-electron chi connectivity index (χ4n) is 2.51. The number of benzene rings is 1. The summed E-state index contributed by atoms with van der Waals surface area (Å²) in [6.45, 7) is 0.600. The number of carbonyl (C=O) groups excluding carboxylic acids is 1. The zero-order chi connectivity index (χ0) is 14.3. The summed E-state index contributed by atoms with van der Waals surface area (Å²) in [4.78, 5) is 15.6. The van der Waals surface area contributed by atoms with Crippen LogP contribution in [0.25, 0.3) is 11.0 Å². The number of halogens is 3. The van der Waals surface area contributed by atoms with Gasteiger partial charge in [0.15, 0.2) is 0 Å². The molecule has 1 N–H and O–H groups in total. The largest absolute Gasteiger partial charge is 0.352 e. The molecule has 1 aliphatic rings. The van der Waals surface area contributed by atoms with Crippen LogP contribution in [0.1, 0.15) is 18.7 Å². The van der Waals surface area contributed by atoms with Crippen LogP contribution < -0.4 is 5.32 Å². The first-order valence-electron chi connectivity index (χ1n) is 6.28. The zero-order valence-corrected chi connectivity index (χ0v) is 12.8. The molecule has 2 heterocycles. The minimum atomic E-state index is -0.350. The molecule has 1 saturated heterocycles. The summed E-state index contributed by atoms with van der Waals surface area (Å²) in [6, 6.07) is 3.16. The van der Waals surface area contributed by atoms with Crippen LogP contribution in [-0.2, 0) is 17.2 Å². The first-order valence-corrected chi connectivity index (χ1v) is 7.60. The maximum absolute atomic E-state index is 13.6. The van der Waals surface area contributed by atoms with E-state index in [0.29, 0.717) is 28.8 Å². The van der Waals surface area contributed by atoms with Gasteiger partial charge in [0, 0.05) is 25.1 Å². The second kappa shape index (κ2) is 5.33. The van der Waals surface area contributed by atoms with Crippen LogP contribution >= 0.6 is 27.5 Å². The van der Waals surface area contributed by atoms with Crippen molar-refractivity contribution in [2.45, 2.75) is 31.3 Å². The lowest BCUT2D eigenvalue weighted by Crippen LogP contribution is -2.30. The number of alkyl halides is 1. The summed E-state index contributed by atoms with van der Waals surface area (Å²) in [7, 11) is 0. The van der Waals surface area contributed by atoms with Crippen molar-refractivity contribution in [2.75, 3.05) is 0 Å². The van der Waals surface area contributed by atoms with E-state index in [-0.39, 0.29) is 23.6 Å². The molecule has 2 aromatic rings. The van der Waals surface area contributed by atoms with E-state index >= 15 is 0 Å². The van der Waals surface area contributed by atoms with Gasteiger partial charge in [0.25, 0.3) is 0 Å². The number of rotatable bonds is 3. The summed E-state index contributed by atoms with van der Waals surface area (Å²) in [5.74, 6) is 0.644. The fourth-order valence-corrected chi connectivity index (χ4v) is 3.05. The van der Waals surface area contributed by atoms with Crippen LogP contribution in [0.2, 0.25) is 0 Å². The Bertz CT molecular complexity index is 688. The van der Waals surface area contributed by atoms with Gasteiger partial charge in [-0.05, 0) is 28.4 Å². The maximum atomic E-state index is 13.6. The standard InChI is InChI=1S/C13H12BrClFN3O/c14-8-3-11-10(4-9(8)16)18-12(5-15)19(11)6-7-1-2-13(20)17-7/h3-4,7H,1-2,5-6H2,(H,17,20). The fraction of sp³-hybridized carbons (Fsp3) is 0.385. The van der Waals surface area contributed by atoms with Crippen LogP contribution in [-0.4, -0.2) is 21.5 Å². The van der Waals surface area contributed by atoms with E-state index in [1.54, 1.807) is 6.07 Å². The van der Waals surface area contributed by atoms with Crippen molar-refractivity contribution in [1.29, 1.82) is 0 Å². The van der Waals surface area contributed by atoms with Gasteiger partial charge in [-0.2, -0.15) is 0 Å². The predicted molar refractivity (Wildman–Crippen MR) is 78.1 cm³/mol. The molecular weight excluding hydrogens is 349 g/mol. The zero-order valence-electron chi connectivity index (χ0n) is 10.5. The van der Waals surface area contributed by atoms with Crippen molar-refractivity contribution in [3.05, 3.63) is 28.2 Å². The van der Waals surface area contributed by atoms with Gasteiger partial charge in [-0.25, -0.2) is 9.37 Å². The van der Waals surface area contributed by atoms with Gasteiger partial charge in [-0.15, -0.1) is 11.6 Å². The lowest BCUT2D eigenvalue weighted by Gasteiger charge is -2.14. The van der Waals surface area contributed by atoms with E-state index < -0.39 is 0 Å². The number of amides is 1. The van der Waals surface area contributed by atoms with Gasteiger partial charge in [-0.3, -0.25) is 4.79 Å². The van der Waals surface area contributed by atoms with E-state index in [9.17, 15) is 9.18 Å². The van der Waals surface area contributed by atoms with Crippen molar-refractivity contribution < 1.29 is 9.18 Å². The van der Waals surface area contributed by atoms with E-state index in [1.807, 2.05) is 4.57 Å². The second-order valence-corrected chi connectivity index (χ2v) is 5.95. The summed E-state index contributed by atoms with van der Waals surface area (Å²) < 4.78 is 15.9. The number of fused-ring (bicyclic) bond motifs is 1. The van der Waals surface area contributed by atoms with Crippen molar-refractivity contribution in [3.8, 4) is 0 Å². The molecule has 1 aromatic heterocycles. The molecule has 1 atom stereocenters. The van der Waals surface area contributed by atoms with E-state index in [2.05, 4.69) is 26.2 Å². The minimum absolute atomic E-state index is 0.0686. The first kappa shape index (κ1) is 13.8. The van der Waals surface area contributed by atoms with E-state index in [4.69, 9.17) is 11.6 Å². The summed E-state index contributed by atoms with van der Waals surface area (Å²) in [5, 5.41) is 2.92. The Kier molecular flexibility index (Phi) is 3.69. The summed E-state index contributed by atoms with van der Waals surface area (Å²) >= 11 is 9.11. The molecule has 1 aromatic carbocycles. The molecule has 1 unspecified atom stereocenters. The van der Waals surface area contributed by atoms with Crippen molar-refractivity contribution >= 4 is 44.5 Å². The number of hydrogen-bond acceptors (Lipinski definition) is 2. The van der Waals surface area contributed by atoms with E-state index in [0.717, 1.165) is 11.9 Å². The normalized spacial score (nSPS) is 18.8. The third-order valence-electron chi connectivity index (χ3n) is 3.48. The molecule has 20 heavy (non-hydrogen) atoms. The van der Waals surface area contributed by atoms with Gasteiger partial charge in [-0.1, -0.05) is 0 Å². The molecule has 0 radical (unpaired) electrons. The van der Waals surface area contributed by atoms with Crippen molar-refractivity contribution in [3.63, 3.8) is 0 Å². The highest BCUT2D eigenvalue weighted by atomic mass is 79.9. The third kappa shape index (κ3) is 2.42. The monoisotopic (exact) mass is 359 g/mol. The highest BCUT2D eigenvalue weighted by molar-refractivity contribution is 9.10. The molecular formula is C13H12BrClFN3O. The smallest absolute Gasteiger partial charge is 0.220 e. The summed E-state index contributed by atoms with van der Waals surface area (Å²) in [5.41, 5.74) is 1.39. The lowest BCUT2D eigenvalue weighted by atomic mass is 10.2. The molecule has 1 fully saturated rings. The second-order valence-electron chi connectivity index (χ2n) is 4.83. The lowest BCUT2D eigenvalue weighted by molar-refractivity contribution is -0.119. The molecule has 1 aliphatic heterocycles. The van der Waals surface area contributed by atoms with Crippen LogP contribution in [0.4, 0.5) is 4.39 Å². The highest BCUT2D eigenvalue weighted by Gasteiger charge is 2.23. The van der Waals surface area contributed by atoms with Crippen LogP contribution in [0.5, 0.6) is 0 Å². The maximum Gasteiger partial charge on any atom is 0.220 e. The van der Waals surface area contributed by atoms with Crippen LogP contribution in [0.15, 0.2) is 16.6 Å². The summed E-state index contributed by atoms with van der Waals surface area (Å²) in [6.07, 6.45) is 1.34. The number of aromatic nitrogens is 2. The number of imidazole rings is 1. The Morgan fingerprint density at radius 2 is 2.35 bits per heavy atom. The average Bonchev–Trinajstić information content (AvgIpc) is 2.96. The SMILES string of the molecule is O=C1CCC(Cn2c(CCl)nc3cc(F)c(Br)cc32)N1. The number of nitrogens with one attached hydrogen (secondary N) is 1. The molecule has 106 valence electrons. The highest BCUT2D eigenvalue weighted by Crippen LogP contribution is 2.26.